The van der Waals surface area contributed by atoms with Crippen molar-refractivity contribution in [1.82, 2.24) is 15.0 Å². The first-order chi connectivity index (χ1) is 35.3. The van der Waals surface area contributed by atoms with Gasteiger partial charge >= 0.3 is 0 Å². The summed E-state index contributed by atoms with van der Waals surface area (Å²) in [5, 5.41) is 1.77. The van der Waals surface area contributed by atoms with Crippen molar-refractivity contribution in [1.29, 1.82) is 0 Å². The van der Waals surface area contributed by atoms with Crippen LogP contribution in [0, 0.1) is 0 Å². The number of fused-ring (bicyclic) bond motifs is 8. The van der Waals surface area contributed by atoms with E-state index in [2.05, 4.69) is 0 Å². The molecule has 2 aromatic heterocycles. The Morgan fingerprint density at radius 1 is 0.459 bits per heavy atom. The van der Waals surface area contributed by atoms with E-state index in [-0.39, 0.29) is 22.3 Å². The second-order valence-electron chi connectivity index (χ2n) is 15.1. The molecule has 4 nitrogen and oxygen atoms in total. The molecule has 4 heteroatoms. The molecule has 0 bridgehead atoms. The highest BCUT2D eigenvalue weighted by Gasteiger charge is 2.43. The van der Waals surface area contributed by atoms with Gasteiger partial charge in [0.1, 0.15) is 11.2 Å². The van der Waals surface area contributed by atoms with Crippen LogP contribution in [-0.2, 0) is 5.41 Å². The van der Waals surface area contributed by atoms with Gasteiger partial charge in [-0.05, 0) is 98.7 Å². The molecule has 10 aromatic rings. The molecule has 61 heavy (non-hydrogen) atoms. The lowest BCUT2D eigenvalue weighted by molar-refractivity contribution is 0.353. The summed E-state index contributed by atoms with van der Waals surface area (Å²) in [6.07, 6.45) is -9.88. The van der Waals surface area contributed by atoms with Gasteiger partial charge in [-0.25, -0.2) is 15.0 Å². The summed E-state index contributed by atoms with van der Waals surface area (Å²) < 4.78 is 126. The molecule has 1 fully saturated rings. The van der Waals surface area contributed by atoms with Crippen molar-refractivity contribution in [3.05, 3.63) is 199 Å². The van der Waals surface area contributed by atoms with Gasteiger partial charge in [0.05, 0.1) is 9.60 Å². The third-order valence-electron chi connectivity index (χ3n) is 11.6. The molecular weight excluding hydrogens is 743 g/mol. The van der Waals surface area contributed by atoms with Crippen molar-refractivity contribution in [2.75, 3.05) is 0 Å². The Bertz CT molecular complexity index is 3970. The lowest BCUT2D eigenvalue weighted by Crippen LogP contribution is -2.28. The summed E-state index contributed by atoms with van der Waals surface area (Å²) in [5.41, 5.74) is 2.85. The number of nitrogens with zero attached hydrogens (tertiary/aromatic N) is 3. The van der Waals surface area contributed by atoms with Gasteiger partial charge in [0.2, 0.25) is 0 Å². The zero-order chi connectivity index (χ0) is 51.8. The Hall–Kier alpha value is -7.43. The van der Waals surface area contributed by atoms with E-state index in [4.69, 9.17) is 27.6 Å². The highest BCUT2D eigenvalue weighted by Crippen LogP contribution is 2.56. The number of hydrogen-bond donors (Lipinski definition) is 0. The number of rotatable bonds is 6. The highest BCUT2D eigenvalue weighted by atomic mass is 16.3. The zero-order valence-electron chi connectivity index (χ0n) is 45.5. The predicted molar refractivity (Wildman–Crippen MR) is 249 cm³/mol. The minimum absolute atomic E-state index is 0.139. The maximum absolute atomic E-state index is 9.91. The maximum Gasteiger partial charge on any atom is 0.164 e. The van der Waals surface area contributed by atoms with Crippen LogP contribution in [-0.4, -0.2) is 15.0 Å². The normalized spacial score (nSPS) is 19.6. The lowest BCUT2D eigenvalue weighted by atomic mass is 9.67. The van der Waals surface area contributed by atoms with Crippen LogP contribution in [0.5, 0.6) is 0 Å². The average molecular weight is 797 g/mol. The summed E-state index contributed by atoms with van der Waals surface area (Å²) in [5.74, 6) is 1.23. The van der Waals surface area contributed by atoms with Crippen LogP contribution >= 0.6 is 0 Å². The minimum atomic E-state index is -2.89. The SMILES string of the molecule is [2H]c1c([2H])c([2H])c2c(c1[2H])-c1c([2H])c([2H])c(-c3cccc(-c4cccc(-c5nc(-c6ccc(-c7ccccc7)cc6)nc(-c6cccc7oc8ccccc8c67)n5)c4)c3)c([2H])c1C21C([2H])([2H])CC([2H])([2H])CC1([2H])[2H]. The molecule has 0 saturated heterocycles. The first kappa shape index (κ1) is 24.6. The van der Waals surface area contributed by atoms with Gasteiger partial charge < -0.3 is 4.42 Å². The van der Waals surface area contributed by atoms with Crippen LogP contribution in [0.4, 0.5) is 0 Å². The molecule has 1 saturated carbocycles. The summed E-state index contributed by atoms with van der Waals surface area (Å²) in [6.45, 7) is 0. The molecule has 0 radical (unpaired) electrons. The molecule has 1 spiro atoms. The van der Waals surface area contributed by atoms with Gasteiger partial charge in [0.15, 0.2) is 17.5 Å². The molecule has 2 aliphatic carbocycles. The average Bonchev–Trinajstić information content (AvgIpc) is 4.01. The van der Waals surface area contributed by atoms with Gasteiger partial charge in [0.25, 0.3) is 0 Å². The van der Waals surface area contributed by atoms with Crippen molar-refractivity contribution < 1.29 is 22.2 Å². The molecule has 290 valence electrons. The van der Waals surface area contributed by atoms with Crippen LogP contribution in [0.25, 0.3) is 101 Å². The van der Waals surface area contributed by atoms with Gasteiger partial charge in [-0.15, -0.1) is 0 Å². The second kappa shape index (κ2) is 14.4. The molecular formula is C57H41N3O. The Morgan fingerprint density at radius 2 is 1.05 bits per heavy atom. The van der Waals surface area contributed by atoms with E-state index in [1.165, 1.54) is 0 Å². The quantitative estimate of drug-likeness (QED) is 0.168. The maximum atomic E-state index is 9.91. The predicted octanol–water partition coefficient (Wildman–Crippen LogP) is 15.0. The third kappa shape index (κ3) is 6.01. The monoisotopic (exact) mass is 796 g/mol. The molecule has 2 heterocycles. The summed E-state index contributed by atoms with van der Waals surface area (Å²) in [6, 6.07) is 41.6. The number of benzene rings is 8. The van der Waals surface area contributed by atoms with E-state index in [9.17, 15) is 9.60 Å². The summed E-state index contributed by atoms with van der Waals surface area (Å²) in [4.78, 5) is 15.3. The fourth-order valence-corrected chi connectivity index (χ4v) is 8.64. The van der Waals surface area contributed by atoms with Gasteiger partial charge in [-0.2, -0.15) is 0 Å². The second-order valence-corrected chi connectivity index (χ2v) is 15.1. The summed E-state index contributed by atoms with van der Waals surface area (Å²) >= 11 is 0. The highest BCUT2D eigenvalue weighted by molar-refractivity contribution is 6.11. The Balaban J connectivity index is 1.01. The van der Waals surface area contributed by atoms with Crippen molar-refractivity contribution in [2.45, 2.75) is 37.4 Å². The van der Waals surface area contributed by atoms with Crippen molar-refractivity contribution in [3.8, 4) is 78.7 Å². The molecule has 12 rings (SSSR count). The van der Waals surface area contributed by atoms with Crippen LogP contribution in [0.15, 0.2) is 192 Å². The van der Waals surface area contributed by atoms with Crippen molar-refractivity contribution >= 4 is 21.9 Å². The van der Waals surface area contributed by atoms with Gasteiger partial charge in [-0.3, -0.25) is 0 Å². The first-order valence-electron chi connectivity index (χ1n) is 26.6. The number of furan rings is 1. The van der Waals surface area contributed by atoms with Crippen LogP contribution in [0.3, 0.4) is 0 Å². The van der Waals surface area contributed by atoms with Gasteiger partial charge in [0, 0.05) is 41.1 Å². The topological polar surface area (TPSA) is 51.8 Å². The fourth-order valence-electron chi connectivity index (χ4n) is 8.64. The first-order valence-corrected chi connectivity index (χ1v) is 20.1. The molecule has 8 aromatic carbocycles. The minimum Gasteiger partial charge on any atom is -0.456 e. The van der Waals surface area contributed by atoms with E-state index in [0.29, 0.717) is 39.7 Å². The molecule has 0 unspecified atom stereocenters. The Labute approximate surface area is 373 Å². The summed E-state index contributed by atoms with van der Waals surface area (Å²) in [7, 11) is 0. The third-order valence-corrected chi connectivity index (χ3v) is 11.6. The van der Waals surface area contributed by atoms with Crippen LogP contribution < -0.4 is 0 Å². The molecule has 2 aliphatic rings. The van der Waals surface area contributed by atoms with E-state index in [0.717, 1.165) is 38.6 Å². The standard InChI is InChI=1S/C57H41N3O/c1-3-14-37(15-4-1)38-26-28-39(29-27-38)54-58-55(60-56(59-54)48-22-13-25-52-53(48)47-21-6-8-24-51(47)61-52)44-19-12-18-42(35-44)40-16-11-17-41(34-40)43-30-31-46-45-20-5-7-23-49(45)57(50(46)36-43)32-9-2-10-33-57/h1,3-8,11-31,34-36H,2,9-10,32-33H2/i2D2,5D,7D,20D,23D,30D,31D,32D2,33D2,36D. The number of aromatic nitrogens is 3. The van der Waals surface area contributed by atoms with Gasteiger partial charge in [-0.1, -0.05) is 177 Å². The Kier molecular flexibility index (Phi) is 5.80. The van der Waals surface area contributed by atoms with Crippen molar-refractivity contribution in [3.63, 3.8) is 0 Å². The largest absolute Gasteiger partial charge is 0.456 e. The van der Waals surface area contributed by atoms with Crippen LogP contribution in [0.1, 0.15) is 60.9 Å². The van der Waals surface area contributed by atoms with E-state index >= 15 is 0 Å². The lowest BCUT2D eigenvalue weighted by Gasteiger charge is -2.36. The number of para-hydroxylation sites is 1. The van der Waals surface area contributed by atoms with E-state index < -0.39 is 90.8 Å². The smallest absolute Gasteiger partial charge is 0.164 e. The number of hydrogen-bond acceptors (Lipinski definition) is 4. The zero-order valence-corrected chi connectivity index (χ0v) is 32.5. The van der Waals surface area contributed by atoms with Crippen molar-refractivity contribution in [2.24, 2.45) is 0 Å². The van der Waals surface area contributed by atoms with E-state index in [1.807, 2.05) is 127 Å². The molecule has 0 N–H and O–H groups in total. The molecule has 0 aliphatic heterocycles. The van der Waals surface area contributed by atoms with E-state index in [1.54, 1.807) is 18.2 Å². The molecule has 0 atom stereocenters. The van der Waals surface area contributed by atoms with Crippen LogP contribution in [0.2, 0.25) is 0 Å². The Morgan fingerprint density at radius 3 is 1.87 bits per heavy atom. The fraction of sp³-hybridized carbons (Fsp3) is 0.105. The molecule has 0 amide bonds.